The topological polar surface area (TPSA) is 166 Å². The number of aromatic nitrogens is 5. The van der Waals surface area contributed by atoms with Crippen molar-refractivity contribution in [3.63, 3.8) is 0 Å². The number of ketones is 2. The molecule has 14 nitrogen and oxygen atoms in total. The van der Waals surface area contributed by atoms with Crippen molar-refractivity contribution in [1.82, 2.24) is 23.5 Å². The van der Waals surface area contributed by atoms with Gasteiger partial charge in [-0.15, -0.1) is 0 Å². The van der Waals surface area contributed by atoms with E-state index in [0.29, 0.717) is 49.3 Å². The number of ether oxygens (including phenoxy) is 3. The fraction of sp³-hybridized carbons (Fsp3) is 0.405. The van der Waals surface area contributed by atoms with Crippen molar-refractivity contribution in [2.75, 3.05) is 21.3 Å². The van der Waals surface area contributed by atoms with Gasteiger partial charge in [-0.05, 0) is 49.1 Å². The van der Waals surface area contributed by atoms with Gasteiger partial charge in [-0.1, -0.05) is 28.9 Å². The Labute approximate surface area is 305 Å². The molecular weight excluding hydrogens is 738 g/mol. The fourth-order valence-electron chi connectivity index (χ4n) is 8.48. The lowest BCUT2D eigenvalue weighted by molar-refractivity contribution is -0.140. The number of phenols is 1. The molecule has 1 saturated carbocycles. The van der Waals surface area contributed by atoms with Crippen molar-refractivity contribution in [2.45, 2.75) is 58.7 Å². The molecule has 1 aliphatic heterocycles. The molecule has 0 radical (unpaired) electrons. The van der Waals surface area contributed by atoms with E-state index < -0.39 is 40.2 Å². The SMILES string of the molecule is COc1cc2nc(CCn3c(=O)n4n(c3=O)[C@@H]3C[C@H]5C(=O)C(C)=C(C)C(=O)[C@@]5(C)[C@@H](c5cc(Br)cc(OC)c5O)C3=CC4)c(=O)n(C)c2cc1OC. The number of carbonyl (C=O) groups is 2. The van der Waals surface area contributed by atoms with E-state index in [0.717, 1.165) is 4.57 Å². The van der Waals surface area contributed by atoms with Gasteiger partial charge in [0.1, 0.15) is 5.69 Å². The molecular formula is C37H38BrN5O9. The van der Waals surface area contributed by atoms with Crippen molar-refractivity contribution in [1.29, 1.82) is 0 Å². The van der Waals surface area contributed by atoms with Gasteiger partial charge in [-0.2, -0.15) is 0 Å². The number of methoxy groups -OCH3 is 3. The van der Waals surface area contributed by atoms with Crippen LogP contribution in [-0.2, 0) is 36.1 Å². The zero-order valence-corrected chi connectivity index (χ0v) is 31.4. The molecule has 0 saturated heterocycles. The Balaban J connectivity index is 1.33. The first-order valence-electron chi connectivity index (χ1n) is 16.8. The second-order valence-corrected chi connectivity index (χ2v) is 14.6. The number of hydrogen-bond donors (Lipinski definition) is 1. The van der Waals surface area contributed by atoms with E-state index in [-0.39, 0.29) is 54.7 Å². The Morgan fingerprint density at radius 1 is 0.942 bits per heavy atom. The normalized spacial score (nSPS) is 22.5. The lowest BCUT2D eigenvalue weighted by Crippen LogP contribution is -2.55. The summed E-state index contributed by atoms with van der Waals surface area (Å²) in [5.41, 5.74) is -0.0589. The first kappa shape index (κ1) is 35.2. The van der Waals surface area contributed by atoms with Crippen molar-refractivity contribution < 1.29 is 28.9 Å². The van der Waals surface area contributed by atoms with Crippen LogP contribution in [0.5, 0.6) is 23.0 Å². The first-order chi connectivity index (χ1) is 24.7. The van der Waals surface area contributed by atoms with E-state index in [4.69, 9.17) is 14.2 Å². The van der Waals surface area contributed by atoms with Crippen LogP contribution in [0.2, 0.25) is 0 Å². The summed E-state index contributed by atoms with van der Waals surface area (Å²) in [4.78, 5) is 74.5. The number of halogens is 1. The number of phenolic OH excluding ortho intramolecular Hbond substituents is 1. The highest BCUT2D eigenvalue weighted by Gasteiger charge is 2.61. The molecule has 2 aliphatic carbocycles. The Morgan fingerprint density at radius 3 is 2.29 bits per heavy atom. The summed E-state index contributed by atoms with van der Waals surface area (Å²) in [5, 5.41) is 11.5. The van der Waals surface area contributed by atoms with Gasteiger partial charge in [0.15, 0.2) is 34.6 Å². The maximum Gasteiger partial charge on any atom is 0.347 e. The molecule has 0 amide bonds. The molecule has 0 bridgehead atoms. The smallest absolute Gasteiger partial charge is 0.347 e. The molecule has 52 heavy (non-hydrogen) atoms. The molecule has 272 valence electrons. The van der Waals surface area contributed by atoms with Crippen LogP contribution in [0.25, 0.3) is 11.0 Å². The lowest BCUT2D eigenvalue weighted by atomic mass is 9.50. The molecule has 1 fully saturated rings. The third-order valence-corrected chi connectivity index (χ3v) is 11.8. The quantitative estimate of drug-likeness (QED) is 0.275. The summed E-state index contributed by atoms with van der Waals surface area (Å²) < 4.78 is 22.0. The van der Waals surface area contributed by atoms with Crippen LogP contribution in [-0.4, -0.2) is 61.5 Å². The average molecular weight is 777 g/mol. The number of hydrogen-bond acceptors (Lipinski definition) is 10. The molecule has 7 rings (SSSR count). The van der Waals surface area contributed by atoms with Gasteiger partial charge in [0.05, 0.1) is 50.4 Å². The minimum absolute atomic E-state index is 0.00363. The van der Waals surface area contributed by atoms with Gasteiger partial charge in [-0.3, -0.25) is 14.4 Å². The number of aryl methyl sites for hydroxylation is 2. The number of fused-ring (bicyclic) bond motifs is 5. The lowest BCUT2D eigenvalue weighted by Gasteiger charge is -2.53. The second-order valence-electron chi connectivity index (χ2n) is 13.7. The van der Waals surface area contributed by atoms with E-state index in [1.807, 2.05) is 6.08 Å². The van der Waals surface area contributed by atoms with Gasteiger partial charge in [0.25, 0.3) is 5.56 Å². The van der Waals surface area contributed by atoms with Crippen molar-refractivity contribution in [3.8, 4) is 23.0 Å². The fourth-order valence-corrected chi connectivity index (χ4v) is 8.94. The number of rotatable bonds is 7. The summed E-state index contributed by atoms with van der Waals surface area (Å²) in [5.74, 6) is -1.29. The van der Waals surface area contributed by atoms with Gasteiger partial charge in [0.2, 0.25) is 0 Å². The van der Waals surface area contributed by atoms with Crippen LogP contribution in [0.1, 0.15) is 50.4 Å². The molecule has 0 unspecified atom stereocenters. The highest BCUT2D eigenvalue weighted by molar-refractivity contribution is 9.10. The number of allylic oxidation sites excluding steroid dienone is 4. The van der Waals surface area contributed by atoms with Gasteiger partial charge in [0, 0.05) is 54.0 Å². The van der Waals surface area contributed by atoms with E-state index in [1.54, 1.807) is 52.1 Å². The number of Topliss-reactive ketones (excluding diaryl/α,β-unsaturated/α-hetero) is 2. The van der Waals surface area contributed by atoms with Crippen molar-refractivity contribution in [3.05, 3.63) is 94.1 Å². The number of carbonyl (C=O) groups excluding carboxylic acids is 2. The standard InChI is InChI=1S/C37H38BrN5O9/c1-17-18(2)33(46)37(3)22(31(17)44)14-25-20(30(37)21-12-19(38)13-29(52-7)32(21)45)8-11-42-35(48)41(36(49)43(25)42)10-9-23-34(47)40(4)26-16-28(51-6)27(50-5)15-24(26)39-23/h8,12-13,15-16,22,25,30,45H,9-11,14H2,1-7H3/t22-,25+,30+,37+/m0/s1. The Hall–Kier alpha value is -5.18. The molecule has 0 spiro atoms. The monoisotopic (exact) mass is 775 g/mol. The van der Waals surface area contributed by atoms with E-state index in [1.165, 1.54) is 35.3 Å². The van der Waals surface area contributed by atoms with E-state index in [2.05, 4.69) is 20.9 Å². The summed E-state index contributed by atoms with van der Waals surface area (Å²) in [6.07, 6.45) is 1.88. The van der Waals surface area contributed by atoms with Crippen LogP contribution in [0, 0.1) is 11.3 Å². The van der Waals surface area contributed by atoms with Gasteiger partial charge < -0.3 is 23.9 Å². The summed E-state index contributed by atoms with van der Waals surface area (Å²) >= 11 is 3.50. The predicted octanol–water partition coefficient (Wildman–Crippen LogP) is 3.57. The second kappa shape index (κ2) is 12.5. The number of aromatic hydroxyl groups is 1. The minimum Gasteiger partial charge on any atom is -0.504 e. The largest absolute Gasteiger partial charge is 0.504 e. The molecule has 3 heterocycles. The summed E-state index contributed by atoms with van der Waals surface area (Å²) in [6.45, 7) is 4.89. The minimum atomic E-state index is -1.31. The summed E-state index contributed by atoms with van der Waals surface area (Å²) in [7, 11) is 6.02. The van der Waals surface area contributed by atoms with Crippen LogP contribution in [0.15, 0.2) is 65.9 Å². The zero-order chi connectivity index (χ0) is 37.5. The maximum atomic E-state index is 14.3. The zero-order valence-electron chi connectivity index (χ0n) is 29.8. The van der Waals surface area contributed by atoms with E-state index in [9.17, 15) is 29.1 Å². The average Bonchev–Trinajstić information content (AvgIpc) is 3.38. The first-order valence-corrected chi connectivity index (χ1v) is 17.5. The molecule has 4 atom stereocenters. The summed E-state index contributed by atoms with van der Waals surface area (Å²) in [6, 6.07) is 5.82. The predicted molar refractivity (Wildman–Crippen MR) is 194 cm³/mol. The Morgan fingerprint density at radius 2 is 1.62 bits per heavy atom. The number of nitrogens with zero attached hydrogens (tertiary/aromatic N) is 5. The Kier molecular flexibility index (Phi) is 8.47. The molecule has 1 N–H and O–H groups in total. The van der Waals surface area contributed by atoms with Crippen LogP contribution in [0.3, 0.4) is 0 Å². The Bertz CT molecular complexity index is 2490. The van der Waals surface area contributed by atoms with Crippen LogP contribution >= 0.6 is 15.9 Å². The van der Waals surface area contributed by atoms with Gasteiger partial charge in [-0.25, -0.2) is 28.5 Å². The molecule has 3 aliphatic rings. The van der Waals surface area contributed by atoms with Gasteiger partial charge >= 0.3 is 11.4 Å². The van der Waals surface area contributed by atoms with Crippen LogP contribution < -0.4 is 31.1 Å². The maximum absolute atomic E-state index is 14.3. The molecule has 15 heteroatoms. The van der Waals surface area contributed by atoms with Crippen molar-refractivity contribution >= 4 is 38.5 Å². The molecule has 2 aromatic carbocycles. The van der Waals surface area contributed by atoms with E-state index >= 15 is 0 Å². The third kappa shape index (κ3) is 4.88. The third-order valence-electron chi connectivity index (χ3n) is 11.3. The number of benzene rings is 2. The highest BCUT2D eigenvalue weighted by Crippen LogP contribution is 2.62. The van der Waals surface area contributed by atoms with Crippen LogP contribution in [0.4, 0.5) is 0 Å². The van der Waals surface area contributed by atoms with Crippen molar-refractivity contribution in [2.24, 2.45) is 18.4 Å². The molecule has 2 aromatic heterocycles. The highest BCUT2D eigenvalue weighted by atomic mass is 79.9. The molecule has 4 aromatic rings.